The van der Waals surface area contributed by atoms with Gasteiger partial charge in [0.1, 0.15) is 5.75 Å². The third-order valence-corrected chi connectivity index (χ3v) is 3.28. The zero-order chi connectivity index (χ0) is 14.1. The van der Waals surface area contributed by atoms with Gasteiger partial charge in [-0.1, -0.05) is 16.8 Å². The highest BCUT2D eigenvalue weighted by Gasteiger charge is 2.29. The Kier molecular flexibility index (Phi) is 3.26. The topological polar surface area (TPSA) is 65.2 Å². The molecule has 20 heavy (non-hydrogen) atoms. The summed E-state index contributed by atoms with van der Waals surface area (Å²) < 4.78 is 10.8. The lowest BCUT2D eigenvalue weighted by atomic mass is 10.1. The lowest BCUT2D eigenvalue weighted by molar-refractivity contribution is 0.101. The van der Waals surface area contributed by atoms with Crippen molar-refractivity contribution in [3.63, 3.8) is 0 Å². The zero-order valence-corrected chi connectivity index (χ0v) is 11.5. The van der Waals surface area contributed by atoms with E-state index in [4.69, 9.17) is 9.26 Å². The fourth-order valence-electron chi connectivity index (χ4n) is 2.01. The van der Waals surface area contributed by atoms with Gasteiger partial charge in [0.15, 0.2) is 12.4 Å². The standard InChI is InChI=1S/C15H16N2O3/c1-9-3-6-13(12(7-9)10(2)18)19-8-14-16-15(20-17-14)11-4-5-11/h3,6-7,11H,4-5,8H2,1-2H3. The number of ketones is 1. The summed E-state index contributed by atoms with van der Waals surface area (Å²) in [4.78, 5) is 15.9. The summed E-state index contributed by atoms with van der Waals surface area (Å²) in [6.07, 6.45) is 2.24. The first-order chi connectivity index (χ1) is 9.63. The monoisotopic (exact) mass is 272 g/mol. The van der Waals surface area contributed by atoms with Crippen LogP contribution in [0.1, 0.15) is 53.3 Å². The summed E-state index contributed by atoms with van der Waals surface area (Å²) in [5.74, 6) is 2.18. The first kappa shape index (κ1) is 12.8. The Bertz CT molecular complexity index is 644. The minimum Gasteiger partial charge on any atom is -0.485 e. The first-order valence-corrected chi connectivity index (χ1v) is 6.70. The maximum Gasteiger partial charge on any atom is 0.229 e. The van der Waals surface area contributed by atoms with E-state index in [9.17, 15) is 4.79 Å². The van der Waals surface area contributed by atoms with Gasteiger partial charge in [-0.2, -0.15) is 4.98 Å². The van der Waals surface area contributed by atoms with Gasteiger partial charge in [0, 0.05) is 5.92 Å². The Labute approximate surface area is 116 Å². The molecule has 3 rings (SSSR count). The van der Waals surface area contributed by atoms with Gasteiger partial charge < -0.3 is 9.26 Å². The number of hydrogen-bond acceptors (Lipinski definition) is 5. The quantitative estimate of drug-likeness (QED) is 0.783. The van der Waals surface area contributed by atoms with Crippen molar-refractivity contribution in [1.29, 1.82) is 0 Å². The van der Waals surface area contributed by atoms with Crippen LogP contribution in [0.15, 0.2) is 22.7 Å². The van der Waals surface area contributed by atoms with Crippen molar-refractivity contribution in [3.05, 3.63) is 41.0 Å². The van der Waals surface area contributed by atoms with Crippen LogP contribution in [0, 0.1) is 6.92 Å². The molecule has 0 spiro atoms. The smallest absolute Gasteiger partial charge is 0.229 e. The van der Waals surface area contributed by atoms with Crippen LogP contribution >= 0.6 is 0 Å². The van der Waals surface area contributed by atoms with Crippen molar-refractivity contribution in [1.82, 2.24) is 10.1 Å². The molecule has 1 aromatic heterocycles. The van der Waals surface area contributed by atoms with Gasteiger partial charge in [0.25, 0.3) is 0 Å². The van der Waals surface area contributed by atoms with E-state index in [0.29, 0.717) is 28.9 Å². The van der Waals surface area contributed by atoms with Crippen LogP contribution in [0.2, 0.25) is 0 Å². The lowest BCUT2D eigenvalue weighted by Crippen LogP contribution is -2.03. The highest BCUT2D eigenvalue weighted by atomic mass is 16.5. The minimum absolute atomic E-state index is 0.0181. The summed E-state index contributed by atoms with van der Waals surface area (Å²) >= 11 is 0. The molecule has 5 nitrogen and oxygen atoms in total. The zero-order valence-electron chi connectivity index (χ0n) is 11.5. The second-order valence-corrected chi connectivity index (χ2v) is 5.17. The fraction of sp³-hybridized carbons (Fsp3) is 0.400. The van der Waals surface area contributed by atoms with E-state index in [2.05, 4.69) is 10.1 Å². The van der Waals surface area contributed by atoms with Crippen molar-refractivity contribution >= 4 is 5.78 Å². The Morgan fingerprint density at radius 3 is 2.95 bits per heavy atom. The van der Waals surface area contributed by atoms with Crippen molar-refractivity contribution < 1.29 is 14.1 Å². The predicted molar refractivity (Wildman–Crippen MR) is 71.8 cm³/mol. The highest BCUT2D eigenvalue weighted by molar-refractivity contribution is 5.97. The summed E-state index contributed by atoms with van der Waals surface area (Å²) in [6, 6.07) is 5.53. The molecule has 5 heteroatoms. The molecule has 0 atom stereocenters. The Morgan fingerprint density at radius 1 is 1.45 bits per heavy atom. The molecule has 0 N–H and O–H groups in total. The van der Waals surface area contributed by atoms with E-state index in [1.165, 1.54) is 6.92 Å². The summed E-state index contributed by atoms with van der Waals surface area (Å²) in [6.45, 7) is 3.68. The molecule has 0 saturated heterocycles. The van der Waals surface area contributed by atoms with E-state index in [-0.39, 0.29) is 12.4 Å². The van der Waals surface area contributed by atoms with Crippen LogP contribution in [-0.2, 0) is 6.61 Å². The Hall–Kier alpha value is -2.17. The van der Waals surface area contributed by atoms with Gasteiger partial charge in [-0.25, -0.2) is 0 Å². The van der Waals surface area contributed by atoms with Crippen LogP contribution in [0.25, 0.3) is 0 Å². The largest absolute Gasteiger partial charge is 0.485 e. The average Bonchev–Trinajstić information content (AvgIpc) is 3.17. The van der Waals surface area contributed by atoms with Gasteiger partial charge in [-0.3, -0.25) is 4.79 Å². The van der Waals surface area contributed by atoms with E-state index < -0.39 is 0 Å². The molecule has 2 aromatic rings. The lowest BCUT2D eigenvalue weighted by Gasteiger charge is -2.08. The third-order valence-electron chi connectivity index (χ3n) is 3.28. The molecule has 0 bridgehead atoms. The second kappa shape index (κ2) is 5.07. The van der Waals surface area contributed by atoms with Crippen LogP contribution in [-0.4, -0.2) is 15.9 Å². The van der Waals surface area contributed by atoms with Crippen molar-refractivity contribution in [2.45, 2.75) is 39.2 Å². The predicted octanol–water partition coefficient (Wildman–Crippen LogP) is 3.04. The molecule has 1 aliphatic carbocycles. The number of Topliss-reactive ketones (excluding diaryl/α,β-unsaturated/α-hetero) is 1. The molecule has 0 unspecified atom stereocenters. The van der Waals surface area contributed by atoms with Gasteiger partial charge in [-0.05, 0) is 38.8 Å². The summed E-state index contributed by atoms with van der Waals surface area (Å²) in [7, 11) is 0. The van der Waals surface area contributed by atoms with Gasteiger partial charge in [0.05, 0.1) is 5.56 Å². The number of hydrogen-bond donors (Lipinski definition) is 0. The minimum atomic E-state index is -0.0181. The number of benzene rings is 1. The molecule has 1 heterocycles. The first-order valence-electron chi connectivity index (χ1n) is 6.70. The van der Waals surface area contributed by atoms with Crippen molar-refractivity contribution in [2.75, 3.05) is 0 Å². The third kappa shape index (κ3) is 2.71. The average molecular weight is 272 g/mol. The number of aromatic nitrogens is 2. The summed E-state index contributed by atoms with van der Waals surface area (Å²) in [5, 5.41) is 3.89. The van der Waals surface area contributed by atoms with E-state index in [0.717, 1.165) is 18.4 Å². The number of carbonyl (C=O) groups excluding carboxylic acids is 1. The number of nitrogens with zero attached hydrogens (tertiary/aromatic N) is 2. The normalized spacial score (nSPS) is 14.3. The number of ether oxygens (including phenoxy) is 1. The van der Waals surface area contributed by atoms with Crippen molar-refractivity contribution in [3.8, 4) is 5.75 Å². The number of rotatable bonds is 5. The molecule has 1 fully saturated rings. The molecule has 0 radical (unpaired) electrons. The van der Waals surface area contributed by atoms with Crippen LogP contribution in [0.3, 0.4) is 0 Å². The van der Waals surface area contributed by atoms with Crippen LogP contribution in [0.4, 0.5) is 0 Å². The second-order valence-electron chi connectivity index (χ2n) is 5.17. The molecule has 0 amide bonds. The van der Waals surface area contributed by atoms with E-state index >= 15 is 0 Å². The molecule has 1 saturated carbocycles. The Balaban J connectivity index is 1.72. The van der Waals surface area contributed by atoms with Crippen molar-refractivity contribution in [2.24, 2.45) is 0 Å². The van der Waals surface area contributed by atoms with E-state index in [1.807, 2.05) is 19.1 Å². The Morgan fingerprint density at radius 2 is 2.25 bits per heavy atom. The fourth-order valence-corrected chi connectivity index (χ4v) is 2.01. The molecule has 0 aliphatic heterocycles. The highest BCUT2D eigenvalue weighted by Crippen LogP contribution is 2.38. The SMILES string of the molecule is CC(=O)c1cc(C)ccc1OCc1noc(C2CC2)n1. The van der Waals surface area contributed by atoms with E-state index in [1.54, 1.807) is 6.07 Å². The van der Waals surface area contributed by atoms with Gasteiger partial charge >= 0.3 is 0 Å². The number of carbonyl (C=O) groups is 1. The molecule has 104 valence electrons. The summed E-state index contributed by atoms with van der Waals surface area (Å²) in [5.41, 5.74) is 1.61. The maximum absolute atomic E-state index is 11.6. The molecular weight excluding hydrogens is 256 g/mol. The van der Waals surface area contributed by atoms with Gasteiger partial charge in [-0.15, -0.1) is 0 Å². The molecule has 1 aliphatic rings. The number of aryl methyl sites for hydroxylation is 1. The molecule has 1 aromatic carbocycles. The van der Waals surface area contributed by atoms with Gasteiger partial charge in [0.2, 0.25) is 11.7 Å². The van der Waals surface area contributed by atoms with Crippen LogP contribution < -0.4 is 4.74 Å². The van der Waals surface area contributed by atoms with Crippen LogP contribution in [0.5, 0.6) is 5.75 Å². The maximum atomic E-state index is 11.6. The molecular formula is C15H16N2O3.